The van der Waals surface area contributed by atoms with Gasteiger partial charge in [0.15, 0.2) is 0 Å². The van der Waals surface area contributed by atoms with Crippen LogP contribution in [0.2, 0.25) is 0 Å². The first-order chi connectivity index (χ1) is 6.24. The summed E-state index contributed by atoms with van der Waals surface area (Å²) >= 11 is 0. The standard InChI is InChI=1S/C10H17NO2/c1-3-5-9(6-7-12)8-11-10(13)4-2/h2,9,12H,3,5-8H2,1H3,(H,11,13). The van der Waals surface area contributed by atoms with Crippen LogP contribution in [0.5, 0.6) is 0 Å². The Labute approximate surface area is 79.5 Å². The van der Waals surface area contributed by atoms with Gasteiger partial charge in [0, 0.05) is 13.2 Å². The second-order valence-corrected chi connectivity index (χ2v) is 3.02. The van der Waals surface area contributed by atoms with Gasteiger partial charge in [0.05, 0.1) is 0 Å². The molecule has 0 spiro atoms. The monoisotopic (exact) mass is 183 g/mol. The summed E-state index contributed by atoms with van der Waals surface area (Å²) in [6.45, 7) is 2.81. The average Bonchev–Trinajstić information content (AvgIpc) is 2.14. The maximum absolute atomic E-state index is 10.7. The number of carbonyl (C=O) groups is 1. The highest BCUT2D eigenvalue weighted by Gasteiger charge is 2.07. The van der Waals surface area contributed by atoms with Crippen molar-refractivity contribution < 1.29 is 9.90 Å². The third kappa shape index (κ3) is 6.18. The first-order valence-corrected chi connectivity index (χ1v) is 4.59. The number of terminal acetylenes is 1. The number of rotatable bonds is 6. The minimum atomic E-state index is -0.376. The Morgan fingerprint density at radius 1 is 1.62 bits per heavy atom. The van der Waals surface area contributed by atoms with Crippen LogP contribution in [0.1, 0.15) is 26.2 Å². The van der Waals surface area contributed by atoms with E-state index in [1.165, 1.54) is 0 Å². The highest BCUT2D eigenvalue weighted by atomic mass is 16.3. The van der Waals surface area contributed by atoms with E-state index in [0.717, 1.165) is 19.3 Å². The van der Waals surface area contributed by atoms with Crippen LogP contribution >= 0.6 is 0 Å². The summed E-state index contributed by atoms with van der Waals surface area (Å²) in [6.07, 6.45) is 7.67. The zero-order valence-electron chi connectivity index (χ0n) is 8.05. The number of aliphatic hydroxyl groups is 1. The first kappa shape index (κ1) is 12.0. The average molecular weight is 183 g/mol. The van der Waals surface area contributed by atoms with Crippen LogP contribution in [0.3, 0.4) is 0 Å². The Kier molecular flexibility index (Phi) is 7.04. The summed E-state index contributed by atoms with van der Waals surface area (Å²) < 4.78 is 0. The van der Waals surface area contributed by atoms with E-state index in [4.69, 9.17) is 11.5 Å². The maximum Gasteiger partial charge on any atom is 0.295 e. The van der Waals surface area contributed by atoms with Gasteiger partial charge in [0.1, 0.15) is 0 Å². The molecule has 0 bridgehead atoms. The molecule has 3 nitrogen and oxygen atoms in total. The van der Waals surface area contributed by atoms with Gasteiger partial charge in [0.25, 0.3) is 5.91 Å². The predicted molar refractivity (Wildman–Crippen MR) is 51.9 cm³/mol. The van der Waals surface area contributed by atoms with E-state index in [1.807, 2.05) is 5.92 Å². The van der Waals surface area contributed by atoms with Gasteiger partial charge in [-0.1, -0.05) is 13.3 Å². The summed E-state index contributed by atoms with van der Waals surface area (Å²) in [5.41, 5.74) is 0. The second-order valence-electron chi connectivity index (χ2n) is 3.02. The van der Waals surface area contributed by atoms with Gasteiger partial charge in [-0.15, -0.1) is 6.42 Å². The zero-order chi connectivity index (χ0) is 10.1. The summed E-state index contributed by atoms with van der Waals surface area (Å²) in [6, 6.07) is 0. The summed E-state index contributed by atoms with van der Waals surface area (Å²) in [4.78, 5) is 10.7. The van der Waals surface area contributed by atoms with E-state index in [-0.39, 0.29) is 12.5 Å². The summed E-state index contributed by atoms with van der Waals surface area (Å²) in [5.74, 6) is 1.96. The lowest BCUT2D eigenvalue weighted by molar-refractivity contribution is -0.115. The third-order valence-corrected chi connectivity index (χ3v) is 1.92. The van der Waals surface area contributed by atoms with Gasteiger partial charge in [-0.25, -0.2) is 0 Å². The molecule has 0 aliphatic carbocycles. The van der Waals surface area contributed by atoms with Crippen molar-refractivity contribution in [2.75, 3.05) is 13.2 Å². The topological polar surface area (TPSA) is 49.3 Å². The highest BCUT2D eigenvalue weighted by Crippen LogP contribution is 2.08. The van der Waals surface area contributed by atoms with Crippen molar-refractivity contribution in [1.29, 1.82) is 0 Å². The fraction of sp³-hybridized carbons (Fsp3) is 0.700. The first-order valence-electron chi connectivity index (χ1n) is 4.59. The molecule has 0 saturated carbocycles. The number of hydrogen-bond acceptors (Lipinski definition) is 2. The third-order valence-electron chi connectivity index (χ3n) is 1.92. The Morgan fingerprint density at radius 2 is 2.31 bits per heavy atom. The lowest BCUT2D eigenvalue weighted by atomic mass is 10.0. The molecule has 0 aromatic heterocycles. The maximum atomic E-state index is 10.7. The minimum Gasteiger partial charge on any atom is -0.396 e. The van der Waals surface area contributed by atoms with Gasteiger partial charge in [-0.05, 0) is 24.7 Å². The van der Waals surface area contributed by atoms with E-state index in [9.17, 15) is 4.79 Å². The zero-order valence-corrected chi connectivity index (χ0v) is 8.05. The Balaban J connectivity index is 3.69. The quantitative estimate of drug-likeness (QED) is 0.590. The van der Waals surface area contributed by atoms with Gasteiger partial charge < -0.3 is 10.4 Å². The highest BCUT2D eigenvalue weighted by molar-refractivity contribution is 5.92. The van der Waals surface area contributed by atoms with Crippen LogP contribution in [-0.4, -0.2) is 24.2 Å². The molecule has 0 aromatic rings. The minimum absolute atomic E-state index is 0.163. The molecule has 0 heterocycles. The molecule has 0 rings (SSSR count). The van der Waals surface area contributed by atoms with E-state index >= 15 is 0 Å². The number of amides is 1. The molecule has 3 heteroatoms. The molecule has 0 aliphatic heterocycles. The van der Waals surface area contributed by atoms with Gasteiger partial charge in [-0.3, -0.25) is 4.79 Å². The van der Waals surface area contributed by atoms with Crippen molar-refractivity contribution in [2.24, 2.45) is 5.92 Å². The van der Waals surface area contributed by atoms with Crippen LogP contribution in [0.25, 0.3) is 0 Å². The molecule has 74 valence electrons. The molecule has 0 fully saturated rings. The number of nitrogens with one attached hydrogen (secondary N) is 1. The van der Waals surface area contributed by atoms with Crippen LogP contribution in [0.4, 0.5) is 0 Å². The smallest absolute Gasteiger partial charge is 0.295 e. The van der Waals surface area contributed by atoms with Crippen molar-refractivity contribution >= 4 is 5.91 Å². The molecule has 1 amide bonds. The number of aliphatic hydroxyl groups excluding tert-OH is 1. The normalized spacial score (nSPS) is 11.8. The van der Waals surface area contributed by atoms with Crippen LogP contribution in [0, 0.1) is 18.3 Å². The number of hydrogen-bond donors (Lipinski definition) is 2. The molecular formula is C10H17NO2. The van der Waals surface area contributed by atoms with Crippen LogP contribution in [0.15, 0.2) is 0 Å². The van der Waals surface area contributed by atoms with E-state index in [2.05, 4.69) is 12.2 Å². The summed E-state index contributed by atoms with van der Waals surface area (Å²) in [5, 5.41) is 11.3. The van der Waals surface area contributed by atoms with E-state index in [1.54, 1.807) is 0 Å². The van der Waals surface area contributed by atoms with E-state index < -0.39 is 0 Å². The fourth-order valence-corrected chi connectivity index (χ4v) is 1.23. The Morgan fingerprint density at radius 3 is 2.77 bits per heavy atom. The molecule has 13 heavy (non-hydrogen) atoms. The second kappa shape index (κ2) is 7.63. The summed E-state index contributed by atoms with van der Waals surface area (Å²) in [7, 11) is 0. The van der Waals surface area contributed by atoms with Gasteiger partial charge in [-0.2, -0.15) is 0 Å². The van der Waals surface area contributed by atoms with Crippen molar-refractivity contribution in [2.45, 2.75) is 26.2 Å². The van der Waals surface area contributed by atoms with Crippen LogP contribution < -0.4 is 5.32 Å². The Bertz CT molecular complexity index is 178. The lowest BCUT2D eigenvalue weighted by Gasteiger charge is -2.14. The SMILES string of the molecule is C#CC(=O)NCC(CCC)CCO. The van der Waals surface area contributed by atoms with Crippen molar-refractivity contribution in [3.8, 4) is 12.3 Å². The van der Waals surface area contributed by atoms with Gasteiger partial charge in [0.2, 0.25) is 0 Å². The van der Waals surface area contributed by atoms with Gasteiger partial charge >= 0.3 is 0 Å². The molecule has 2 N–H and O–H groups in total. The molecule has 0 aliphatic rings. The molecule has 1 atom stereocenters. The largest absolute Gasteiger partial charge is 0.396 e. The molecule has 0 saturated heterocycles. The van der Waals surface area contributed by atoms with Crippen molar-refractivity contribution in [1.82, 2.24) is 5.32 Å². The van der Waals surface area contributed by atoms with Crippen molar-refractivity contribution in [3.05, 3.63) is 0 Å². The van der Waals surface area contributed by atoms with Crippen LogP contribution in [-0.2, 0) is 4.79 Å². The molecule has 0 aromatic carbocycles. The van der Waals surface area contributed by atoms with Crippen molar-refractivity contribution in [3.63, 3.8) is 0 Å². The molecule has 0 radical (unpaired) electrons. The fourth-order valence-electron chi connectivity index (χ4n) is 1.23. The Hall–Kier alpha value is -1.01. The van der Waals surface area contributed by atoms with E-state index in [0.29, 0.717) is 12.5 Å². The molecule has 1 unspecified atom stereocenters. The predicted octanol–water partition coefficient (Wildman–Crippen LogP) is 0.534. The lowest BCUT2D eigenvalue weighted by Crippen LogP contribution is -2.28. The number of carbonyl (C=O) groups excluding carboxylic acids is 1. The molecular weight excluding hydrogens is 166 g/mol.